The Balaban J connectivity index is 1.48. The van der Waals surface area contributed by atoms with Crippen LogP contribution in [0, 0.1) is 15.9 Å². The molecule has 3 aliphatic rings. The van der Waals surface area contributed by atoms with Gasteiger partial charge in [-0.1, -0.05) is 46.3 Å². The summed E-state index contributed by atoms with van der Waals surface area (Å²) < 4.78 is 20.6. The van der Waals surface area contributed by atoms with Gasteiger partial charge in [0.1, 0.15) is 18.2 Å². The van der Waals surface area contributed by atoms with E-state index in [-0.39, 0.29) is 29.3 Å². The Bertz CT molecular complexity index is 1380. The van der Waals surface area contributed by atoms with Crippen LogP contribution in [0.2, 0.25) is 0 Å². The van der Waals surface area contributed by atoms with Crippen molar-refractivity contribution in [1.29, 1.82) is 0 Å². The molecule has 3 aliphatic heterocycles. The molecular formula is C27H23BrFN3O4. The molecule has 1 spiro atoms. The molecule has 0 saturated carbocycles. The molecule has 1 N–H and O–H groups in total. The maximum Gasteiger partial charge on any atom is 0.256 e. The molecule has 36 heavy (non-hydrogen) atoms. The number of fused-ring (bicyclic) bond motifs is 4. The number of para-hydroxylation sites is 1. The van der Waals surface area contributed by atoms with Gasteiger partial charge in [-0.3, -0.25) is 19.8 Å². The van der Waals surface area contributed by atoms with Gasteiger partial charge in [0.2, 0.25) is 0 Å². The van der Waals surface area contributed by atoms with E-state index in [1.807, 2.05) is 35.2 Å². The van der Waals surface area contributed by atoms with Crippen molar-refractivity contribution in [2.75, 3.05) is 11.9 Å². The lowest BCUT2D eigenvalue weighted by atomic mass is 9.77. The van der Waals surface area contributed by atoms with Gasteiger partial charge >= 0.3 is 0 Å². The molecule has 0 unspecified atom stereocenters. The van der Waals surface area contributed by atoms with Crippen molar-refractivity contribution in [2.24, 2.45) is 0 Å². The highest BCUT2D eigenvalue weighted by Crippen LogP contribution is 2.59. The molecule has 9 heteroatoms. The number of carbonyl (C=O) groups excluding carboxylic acids is 1. The average Bonchev–Trinajstić information content (AvgIpc) is 3.51. The van der Waals surface area contributed by atoms with Crippen LogP contribution in [-0.4, -0.2) is 34.4 Å². The lowest BCUT2D eigenvalue weighted by Crippen LogP contribution is -2.55. The maximum atomic E-state index is 13.7. The SMILES string of the molecule is O=C1Nc2ccccc2[C@]12[C@H]([N+](=O)[O-])[C@@H](c1cc(Br)ccc1OCc1cccc(F)c1)[C@@H]1CCCN12. The largest absolute Gasteiger partial charge is 0.489 e. The van der Waals surface area contributed by atoms with Crippen LogP contribution in [0.25, 0.3) is 0 Å². The van der Waals surface area contributed by atoms with Crippen LogP contribution in [0.3, 0.4) is 0 Å². The number of halogens is 2. The van der Waals surface area contributed by atoms with Gasteiger partial charge in [0.05, 0.1) is 5.92 Å². The third kappa shape index (κ3) is 3.37. The topological polar surface area (TPSA) is 84.7 Å². The van der Waals surface area contributed by atoms with E-state index in [0.717, 1.165) is 17.3 Å². The van der Waals surface area contributed by atoms with Crippen molar-refractivity contribution in [3.8, 4) is 5.75 Å². The third-order valence-electron chi connectivity index (χ3n) is 7.71. The first-order valence-electron chi connectivity index (χ1n) is 11.9. The number of nitrogens with zero attached hydrogens (tertiary/aromatic N) is 2. The fourth-order valence-electron chi connectivity index (χ4n) is 6.45. The van der Waals surface area contributed by atoms with Gasteiger partial charge in [0.15, 0.2) is 5.54 Å². The van der Waals surface area contributed by atoms with E-state index in [1.165, 1.54) is 12.1 Å². The highest BCUT2D eigenvalue weighted by molar-refractivity contribution is 9.10. The van der Waals surface area contributed by atoms with Crippen molar-refractivity contribution >= 4 is 27.5 Å². The number of benzene rings is 3. The van der Waals surface area contributed by atoms with Crippen LogP contribution in [-0.2, 0) is 16.9 Å². The van der Waals surface area contributed by atoms with Gasteiger partial charge in [-0.05, 0) is 54.8 Å². The number of hydrogen-bond donors (Lipinski definition) is 1. The Morgan fingerprint density at radius 3 is 2.81 bits per heavy atom. The lowest BCUT2D eigenvalue weighted by molar-refractivity contribution is -0.534. The number of ether oxygens (including phenoxy) is 1. The number of carbonyl (C=O) groups is 1. The molecule has 7 nitrogen and oxygen atoms in total. The summed E-state index contributed by atoms with van der Waals surface area (Å²) in [7, 11) is 0. The summed E-state index contributed by atoms with van der Waals surface area (Å²) in [6.07, 6.45) is 1.58. The van der Waals surface area contributed by atoms with Crippen LogP contribution in [0.1, 0.15) is 35.4 Å². The van der Waals surface area contributed by atoms with E-state index in [9.17, 15) is 19.3 Å². The Labute approximate surface area is 215 Å². The van der Waals surface area contributed by atoms with Gasteiger partial charge in [-0.25, -0.2) is 4.39 Å². The molecule has 0 aromatic heterocycles. The second kappa shape index (κ2) is 8.67. The molecular weight excluding hydrogens is 529 g/mol. The number of hydrogen-bond acceptors (Lipinski definition) is 5. The smallest absolute Gasteiger partial charge is 0.256 e. The molecule has 2 saturated heterocycles. The van der Waals surface area contributed by atoms with Crippen LogP contribution in [0.4, 0.5) is 10.1 Å². The Morgan fingerprint density at radius 1 is 1.17 bits per heavy atom. The summed E-state index contributed by atoms with van der Waals surface area (Å²) in [4.78, 5) is 28.3. The summed E-state index contributed by atoms with van der Waals surface area (Å²) in [5.74, 6) is -0.794. The normalized spacial score (nSPS) is 26.6. The first kappa shape index (κ1) is 23.1. The molecule has 0 aliphatic carbocycles. The summed E-state index contributed by atoms with van der Waals surface area (Å²) >= 11 is 3.52. The predicted molar refractivity (Wildman–Crippen MR) is 135 cm³/mol. The second-order valence-corrected chi connectivity index (χ2v) is 10.4. The van der Waals surface area contributed by atoms with Gasteiger partial charge in [0.25, 0.3) is 11.9 Å². The van der Waals surface area contributed by atoms with Crippen LogP contribution < -0.4 is 10.1 Å². The van der Waals surface area contributed by atoms with E-state index in [2.05, 4.69) is 21.2 Å². The van der Waals surface area contributed by atoms with E-state index in [1.54, 1.807) is 24.3 Å². The minimum Gasteiger partial charge on any atom is -0.489 e. The van der Waals surface area contributed by atoms with Gasteiger partial charge in [-0.2, -0.15) is 0 Å². The van der Waals surface area contributed by atoms with E-state index < -0.39 is 17.5 Å². The zero-order valence-electron chi connectivity index (χ0n) is 19.2. The highest BCUT2D eigenvalue weighted by Gasteiger charge is 2.73. The Kier molecular flexibility index (Phi) is 5.57. The Hall–Kier alpha value is -3.30. The number of nitrogens with one attached hydrogen (secondary N) is 1. The highest BCUT2D eigenvalue weighted by atomic mass is 79.9. The molecule has 3 aromatic carbocycles. The predicted octanol–water partition coefficient (Wildman–Crippen LogP) is 5.22. The summed E-state index contributed by atoms with van der Waals surface area (Å²) in [5, 5.41) is 15.8. The number of amides is 1. The monoisotopic (exact) mass is 551 g/mol. The van der Waals surface area contributed by atoms with Crippen LogP contribution in [0.15, 0.2) is 71.2 Å². The van der Waals surface area contributed by atoms with Crippen LogP contribution in [0.5, 0.6) is 5.75 Å². The van der Waals surface area contributed by atoms with E-state index >= 15 is 0 Å². The van der Waals surface area contributed by atoms with Crippen molar-refractivity contribution in [1.82, 2.24) is 4.90 Å². The fraction of sp³-hybridized carbons (Fsp3) is 0.296. The molecule has 0 radical (unpaired) electrons. The van der Waals surface area contributed by atoms with Crippen molar-refractivity contribution in [3.05, 3.63) is 104 Å². The number of anilines is 1. The van der Waals surface area contributed by atoms with Crippen molar-refractivity contribution < 1.29 is 18.8 Å². The van der Waals surface area contributed by atoms with Gasteiger partial charge < -0.3 is 10.1 Å². The molecule has 1 amide bonds. The van der Waals surface area contributed by atoms with Crippen molar-refractivity contribution in [2.45, 2.75) is 43.0 Å². The summed E-state index contributed by atoms with van der Waals surface area (Å²) in [5.41, 5.74) is 1.21. The van der Waals surface area contributed by atoms with Crippen molar-refractivity contribution in [3.63, 3.8) is 0 Å². The quantitative estimate of drug-likeness (QED) is 0.347. The first-order chi connectivity index (χ1) is 17.4. The molecule has 3 aromatic rings. The van der Waals surface area contributed by atoms with E-state index in [0.29, 0.717) is 34.7 Å². The molecule has 0 bridgehead atoms. The second-order valence-electron chi connectivity index (χ2n) is 9.53. The fourth-order valence-corrected chi connectivity index (χ4v) is 6.83. The minimum absolute atomic E-state index is 0.116. The number of rotatable bonds is 5. The lowest BCUT2D eigenvalue weighted by Gasteiger charge is -2.32. The Morgan fingerprint density at radius 2 is 2.00 bits per heavy atom. The zero-order chi connectivity index (χ0) is 25.0. The van der Waals surface area contributed by atoms with Gasteiger partial charge in [0, 0.05) is 38.8 Å². The summed E-state index contributed by atoms with van der Waals surface area (Å²) in [6, 6.07) is 17.5. The molecule has 6 rings (SSSR count). The third-order valence-corrected chi connectivity index (χ3v) is 8.20. The maximum absolute atomic E-state index is 13.7. The molecule has 2 fully saturated rings. The zero-order valence-corrected chi connectivity index (χ0v) is 20.8. The molecule has 3 heterocycles. The van der Waals surface area contributed by atoms with Crippen LogP contribution >= 0.6 is 15.9 Å². The average molecular weight is 552 g/mol. The first-order valence-corrected chi connectivity index (χ1v) is 12.7. The minimum atomic E-state index is -1.39. The molecule has 4 atom stereocenters. The van der Waals surface area contributed by atoms with Gasteiger partial charge in [-0.15, -0.1) is 0 Å². The standard InChI is InChI=1S/C27H23BrFN3O4/c28-17-10-11-23(36-15-16-5-3-6-18(29)13-16)19(14-17)24-22-9-4-12-31(22)27(25(24)32(34)35)20-7-1-2-8-21(20)30-26(27)33/h1-3,5-8,10-11,13-14,22,24-25H,4,9,12,15H2,(H,30,33)/t22-,24-,25+,27-/m0/s1. The van der Waals surface area contributed by atoms with E-state index in [4.69, 9.17) is 4.74 Å². The molecule has 184 valence electrons. The summed E-state index contributed by atoms with van der Waals surface area (Å²) in [6.45, 7) is 0.714. The number of nitro groups is 1.